The molecule has 1 aromatic rings. The van der Waals surface area contributed by atoms with Crippen molar-refractivity contribution in [1.82, 2.24) is 0 Å². The van der Waals surface area contributed by atoms with Crippen LogP contribution < -0.4 is 4.74 Å². The van der Waals surface area contributed by atoms with Gasteiger partial charge in [0.1, 0.15) is 10.6 Å². The van der Waals surface area contributed by atoms with Crippen LogP contribution in [0.25, 0.3) is 0 Å². The zero-order chi connectivity index (χ0) is 10.1. The van der Waals surface area contributed by atoms with Crippen LogP contribution >= 0.6 is 12.6 Å². The molecule has 0 aliphatic carbocycles. The lowest BCUT2D eigenvalue weighted by atomic mass is 10.3. The third-order valence-corrected chi connectivity index (χ3v) is 2.56. The van der Waals surface area contributed by atoms with Crippen LogP contribution in [0, 0.1) is 0 Å². The normalized spacial score (nSPS) is 11.2. The predicted octanol–water partition coefficient (Wildman–Crippen LogP) is 1.50. The first-order valence-electron chi connectivity index (χ1n) is 3.27. The molecule has 0 amide bonds. The lowest BCUT2D eigenvalue weighted by Gasteiger charge is -2.05. The van der Waals surface area contributed by atoms with Crippen LogP contribution in [0.15, 0.2) is 28.0 Å². The molecule has 0 fully saturated rings. The Labute approximate surface area is 81.7 Å². The summed E-state index contributed by atoms with van der Waals surface area (Å²) in [7, 11) is -2.93. The number of hydrogen-bond acceptors (Lipinski definition) is 3. The van der Waals surface area contributed by atoms with E-state index in [0.717, 1.165) is 0 Å². The maximum absolute atomic E-state index is 10.8. The van der Waals surface area contributed by atoms with Gasteiger partial charge in [-0.25, -0.2) is 0 Å². The molecule has 71 valence electrons. The summed E-state index contributed by atoms with van der Waals surface area (Å²) in [5, 5.41) is 0. The Bertz CT molecular complexity index is 411. The molecule has 0 atom stereocenters. The Morgan fingerprint density at radius 3 is 2.54 bits per heavy atom. The monoisotopic (exact) mass is 219 g/mol. The SMILES string of the molecule is COc1cc([S])ccc1S(=O)(=O)O. The maximum Gasteiger partial charge on any atom is 0.298 e. The van der Waals surface area contributed by atoms with Gasteiger partial charge in [-0.1, -0.05) is 12.6 Å². The van der Waals surface area contributed by atoms with Gasteiger partial charge < -0.3 is 4.74 Å². The van der Waals surface area contributed by atoms with Crippen LogP contribution in [-0.4, -0.2) is 20.1 Å². The number of rotatable bonds is 2. The fourth-order valence-corrected chi connectivity index (χ4v) is 1.67. The molecule has 0 heterocycles. The van der Waals surface area contributed by atoms with Crippen LogP contribution in [-0.2, 0) is 10.1 Å². The second-order valence-corrected chi connectivity index (χ2v) is 4.15. The summed E-state index contributed by atoms with van der Waals surface area (Å²) >= 11 is 4.79. The molecule has 0 aliphatic rings. The van der Waals surface area contributed by atoms with Crippen molar-refractivity contribution in [3.05, 3.63) is 18.2 Å². The van der Waals surface area contributed by atoms with Gasteiger partial charge in [0.2, 0.25) is 0 Å². The highest BCUT2D eigenvalue weighted by Gasteiger charge is 2.15. The summed E-state index contributed by atoms with van der Waals surface area (Å²) in [5.74, 6) is 0.0509. The van der Waals surface area contributed by atoms with Gasteiger partial charge in [-0.2, -0.15) is 8.42 Å². The van der Waals surface area contributed by atoms with Crippen molar-refractivity contribution >= 4 is 22.7 Å². The third-order valence-electron chi connectivity index (χ3n) is 1.41. The average Bonchev–Trinajstić information content (AvgIpc) is 2.01. The van der Waals surface area contributed by atoms with Crippen LogP contribution in [0.2, 0.25) is 0 Å². The molecule has 1 radical (unpaired) electrons. The number of hydrogen-bond donors (Lipinski definition) is 1. The zero-order valence-corrected chi connectivity index (χ0v) is 8.35. The van der Waals surface area contributed by atoms with E-state index >= 15 is 0 Å². The van der Waals surface area contributed by atoms with E-state index < -0.39 is 10.1 Å². The highest BCUT2D eigenvalue weighted by molar-refractivity contribution is 7.86. The number of benzene rings is 1. The van der Waals surface area contributed by atoms with E-state index in [9.17, 15) is 8.42 Å². The van der Waals surface area contributed by atoms with Gasteiger partial charge in [0.05, 0.1) is 7.11 Å². The Kier molecular flexibility index (Phi) is 2.74. The summed E-state index contributed by atoms with van der Waals surface area (Å²) in [5.41, 5.74) is 0. The number of ether oxygens (including phenoxy) is 1. The van der Waals surface area contributed by atoms with E-state index in [0.29, 0.717) is 4.90 Å². The fraction of sp³-hybridized carbons (Fsp3) is 0.143. The summed E-state index contributed by atoms with van der Waals surface area (Å²) in [6.45, 7) is 0. The number of methoxy groups -OCH3 is 1. The van der Waals surface area contributed by atoms with Crippen LogP contribution in [0.1, 0.15) is 0 Å². The molecule has 0 bridgehead atoms. The highest BCUT2D eigenvalue weighted by atomic mass is 32.2. The summed E-state index contributed by atoms with van der Waals surface area (Å²) in [6, 6.07) is 3.97. The first kappa shape index (κ1) is 10.2. The van der Waals surface area contributed by atoms with E-state index in [1.165, 1.54) is 25.3 Å². The zero-order valence-electron chi connectivity index (χ0n) is 6.72. The van der Waals surface area contributed by atoms with Crippen molar-refractivity contribution in [2.75, 3.05) is 7.11 Å². The Hall–Kier alpha value is -0.850. The van der Waals surface area contributed by atoms with Gasteiger partial charge in [0, 0.05) is 4.90 Å². The Morgan fingerprint density at radius 2 is 2.08 bits per heavy atom. The van der Waals surface area contributed by atoms with Crippen molar-refractivity contribution in [2.45, 2.75) is 9.79 Å². The molecule has 6 heteroatoms. The van der Waals surface area contributed by atoms with Gasteiger partial charge in [0.15, 0.2) is 0 Å². The second-order valence-electron chi connectivity index (χ2n) is 2.29. The first-order chi connectivity index (χ1) is 5.95. The smallest absolute Gasteiger partial charge is 0.298 e. The van der Waals surface area contributed by atoms with Crippen molar-refractivity contribution < 1.29 is 17.7 Å². The Balaban J connectivity index is 3.39. The van der Waals surface area contributed by atoms with E-state index in [-0.39, 0.29) is 10.6 Å². The van der Waals surface area contributed by atoms with Crippen molar-refractivity contribution in [3.63, 3.8) is 0 Å². The molecule has 0 aromatic heterocycles. The molecule has 13 heavy (non-hydrogen) atoms. The topological polar surface area (TPSA) is 63.6 Å². The predicted molar refractivity (Wildman–Crippen MR) is 48.7 cm³/mol. The van der Waals surface area contributed by atoms with Gasteiger partial charge in [0.25, 0.3) is 10.1 Å². The van der Waals surface area contributed by atoms with E-state index in [2.05, 4.69) is 0 Å². The van der Waals surface area contributed by atoms with Crippen molar-refractivity contribution in [2.24, 2.45) is 0 Å². The van der Waals surface area contributed by atoms with Crippen LogP contribution in [0.4, 0.5) is 0 Å². The first-order valence-corrected chi connectivity index (χ1v) is 5.12. The molecule has 1 rings (SSSR count). The molecule has 0 saturated carbocycles. The summed E-state index contributed by atoms with van der Waals surface area (Å²) in [4.78, 5) is 0.174. The van der Waals surface area contributed by atoms with E-state index in [1.807, 2.05) is 0 Å². The lowest BCUT2D eigenvalue weighted by molar-refractivity contribution is 0.396. The van der Waals surface area contributed by atoms with Crippen LogP contribution in [0.3, 0.4) is 0 Å². The molecular weight excluding hydrogens is 212 g/mol. The molecule has 1 N–H and O–H groups in total. The quantitative estimate of drug-likeness (QED) is 0.765. The van der Waals surface area contributed by atoms with Gasteiger partial charge in [-0.05, 0) is 18.2 Å². The average molecular weight is 219 g/mol. The second kappa shape index (κ2) is 3.49. The largest absolute Gasteiger partial charge is 0.495 e. The maximum atomic E-state index is 10.8. The minimum Gasteiger partial charge on any atom is -0.495 e. The fourth-order valence-electron chi connectivity index (χ4n) is 0.861. The minimum absolute atomic E-state index is 0.0509. The summed E-state index contributed by atoms with van der Waals surface area (Å²) < 4.78 is 35.0. The molecule has 0 aliphatic heterocycles. The molecule has 0 spiro atoms. The lowest BCUT2D eigenvalue weighted by Crippen LogP contribution is -2.01. The molecule has 4 nitrogen and oxygen atoms in total. The molecule has 0 saturated heterocycles. The van der Waals surface area contributed by atoms with E-state index in [1.54, 1.807) is 0 Å². The van der Waals surface area contributed by atoms with Crippen LogP contribution in [0.5, 0.6) is 5.75 Å². The third kappa shape index (κ3) is 2.30. The molecular formula is C7H7O4S2. The molecule has 1 aromatic carbocycles. The van der Waals surface area contributed by atoms with Crippen molar-refractivity contribution in [3.8, 4) is 5.75 Å². The molecule has 0 unspecified atom stereocenters. The standard InChI is InChI=1S/C7H7O4S2/c1-11-6-4-5(12)2-3-7(6)13(8,9)10/h2-4H,1H3,(H,8,9,10). The van der Waals surface area contributed by atoms with Gasteiger partial charge in [-0.3, -0.25) is 4.55 Å². The Morgan fingerprint density at radius 1 is 1.46 bits per heavy atom. The van der Waals surface area contributed by atoms with Gasteiger partial charge >= 0.3 is 0 Å². The van der Waals surface area contributed by atoms with Gasteiger partial charge in [-0.15, -0.1) is 0 Å². The van der Waals surface area contributed by atoms with E-state index in [4.69, 9.17) is 21.9 Å². The van der Waals surface area contributed by atoms with Crippen molar-refractivity contribution in [1.29, 1.82) is 0 Å². The highest BCUT2D eigenvalue weighted by Crippen LogP contribution is 2.25. The minimum atomic E-state index is -4.23. The summed E-state index contributed by atoms with van der Waals surface area (Å²) in [6.07, 6.45) is 0.